The number of carbonyl (C=O) groups excluding carboxylic acids is 5. The molecule has 14 heteroatoms. The van der Waals surface area contributed by atoms with Crippen LogP contribution in [0.5, 0.6) is 0 Å². The number of Topliss-reactive ketones (excluding diaryl/α,β-unsaturated/α-hetero) is 1. The molecular formula is C16H26N6O7S. The number of hydrogen-bond acceptors (Lipinski definition) is 7. The molecule has 168 valence electrons. The molecule has 2 aliphatic rings. The maximum atomic E-state index is 13.1. The lowest BCUT2D eigenvalue weighted by molar-refractivity contribution is -0.155. The minimum absolute atomic E-state index is 0.145. The van der Waals surface area contributed by atoms with Crippen molar-refractivity contribution in [2.24, 2.45) is 0 Å². The van der Waals surface area contributed by atoms with E-state index in [4.69, 9.17) is 0 Å². The summed E-state index contributed by atoms with van der Waals surface area (Å²) in [6, 6.07) is -3.10. The predicted octanol–water partition coefficient (Wildman–Crippen LogP) is -2.01. The highest BCUT2D eigenvalue weighted by atomic mass is 32.2. The van der Waals surface area contributed by atoms with Gasteiger partial charge in [-0.25, -0.2) is 19.8 Å². The van der Waals surface area contributed by atoms with Gasteiger partial charge in [0.15, 0.2) is 0 Å². The van der Waals surface area contributed by atoms with E-state index >= 15 is 0 Å². The van der Waals surface area contributed by atoms with Gasteiger partial charge in [0, 0.05) is 40.0 Å². The topological polar surface area (TPSA) is 157 Å². The average Bonchev–Trinajstić information content (AvgIpc) is 2.78. The van der Waals surface area contributed by atoms with Crippen molar-refractivity contribution in [2.75, 3.05) is 27.2 Å². The van der Waals surface area contributed by atoms with Gasteiger partial charge in [-0.1, -0.05) is 0 Å². The molecule has 2 aliphatic heterocycles. The largest absolute Gasteiger partial charge is 0.354 e. The Balaban J connectivity index is 2.29. The van der Waals surface area contributed by atoms with Crippen LogP contribution < -0.4 is 10.1 Å². The lowest BCUT2D eigenvalue weighted by atomic mass is 10.1. The van der Waals surface area contributed by atoms with E-state index in [0.29, 0.717) is 12.7 Å². The molecule has 0 unspecified atom stereocenters. The van der Waals surface area contributed by atoms with Crippen molar-refractivity contribution in [3.8, 4) is 0 Å². The highest BCUT2D eigenvalue weighted by molar-refractivity contribution is 7.87. The zero-order valence-corrected chi connectivity index (χ0v) is 17.8. The van der Waals surface area contributed by atoms with E-state index in [1.165, 1.54) is 21.0 Å². The van der Waals surface area contributed by atoms with Crippen LogP contribution in [0.15, 0.2) is 0 Å². The normalized spacial score (nSPS) is 21.2. The summed E-state index contributed by atoms with van der Waals surface area (Å²) in [7, 11) is -1.49. The molecule has 0 aromatic carbocycles. The molecule has 4 amide bonds. The summed E-state index contributed by atoms with van der Waals surface area (Å²) in [5, 5.41) is 5.23. The number of rotatable bonds is 8. The molecule has 0 radical (unpaired) electrons. The number of nitrogens with one attached hydrogen (secondary N) is 2. The predicted molar refractivity (Wildman–Crippen MR) is 102 cm³/mol. The molecule has 2 heterocycles. The van der Waals surface area contributed by atoms with Gasteiger partial charge in [0.05, 0.1) is 6.04 Å². The van der Waals surface area contributed by atoms with E-state index < -0.39 is 40.1 Å². The maximum Gasteiger partial charge on any atom is 0.354 e. The van der Waals surface area contributed by atoms with Gasteiger partial charge in [-0.3, -0.25) is 14.4 Å². The third-order valence-electron chi connectivity index (χ3n) is 4.68. The number of fused-ring (bicyclic) bond motifs is 1. The molecule has 0 spiro atoms. The fraction of sp³-hybridized carbons (Fsp3) is 0.688. The Bertz CT molecular complexity index is 830. The molecule has 0 aromatic rings. The molecule has 2 rings (SSSR count). The molecule has 0 saturated carbocycles. The number of hydrogen-bond donors (Lipinski definition) is 2. The summed E-state index contributed by atoms with van der Waals surface area (Å²) in [5.41, 5.74) is 0. The van der Waals surface area contributed by atoms with Gasteiger partial charge in [-0.05, 0) is 19.8 Å². The zero-order valence-electron chi connectivity index (χ0n) is 17.0. The van der Waals surface area contributed by atoms with Crippen molar-refractivity contribution in [3.05, 3.63) is 0 Å². The Morgan fingerprint density at radius 1 is 1.27 bits per heavy atom. The first-order chi connectivity index (χ1) is 14.0. The summed E-state index contributed by atoms with van der Waals surface area (Å²) in [5.74, 6) is -1.46. The minimum atomic E-state index is -4.03. The van der Waals surface area contributed by atoms with E-state index in [1.54, 1.807) is 0 Å². The van der Waals surface area contributed by atoms with Crippen LogP contribution in [-0.4, -0.2) is 96.9 Å². The Labute approximate surface area is 174 Å². The first kappa shape index (κ1) is 23.7. The number of nitrogens with zero attached hydrogens (tertiary/aromatic N) is 4. The highest BCUT2D eigenvalue weighted by Crippen LogP contribution is 2.24. The van der Waals surface area contributed by atoms with E-state index in [1.807, 2.05) is 0 Å². The van der Waals surface area contributed by atoms with E-state index in [-0.39, 0.29) is 38.1 Å². The zero-order chi connectivity index (χ0) is 22.6. The molecule has 2 saturated heterocycles. The number of aldehydes is 1. The van der Waals surface area contributed by atoms with Gasteiger partial charge < -0.3 is 10.1 Å². The monoisotopic (exact) mass is 446 g/mol. The van der Waals surface area contributed by atoms with Crippen LogP contribution in [0.25, 0.3) is 0 Å². The molecule has 13 nitrogen and oxygen atoms in total. The summed E-state index contributed by atoms with van der Waals surface area (Å²) >= 11 is 0. The van der Waals surface area contributed by atoms with Crippen LogP contribution in [-0.2, 0) is 29.4 Å². The van der Waals surface area contributed by atoms with E-state index in [0.717, 1.165) is 19.3 Å². The Hall–Kier alpha value is -2.58. The van der Waals surface area contributed by atoms with Crippen molar-refractivity contribution in [1.82, 2.24) is 29.5 Å². The van der Waals surface area contributed by atoms with Crippen LogP contribution in [0, 0.1) is 0 Å². The van der Waals surface area contributed by atoms with Gasteiger partial charge in [-0.2, -0.15) is 12.7 Å². The van der Waals surface area contributed by atoms with Crippen molar-refractivity contribution in [3.63, 3.8) is 0 Å². The highest BCUT2D eigenvalue weighted by Gasteiger charge is 2.44. The molecule has 2 N–H and O–H groups in total. The van der Waals surface area contributed by atoms with Crippen LogP contribution in [0.3, 0.4) is 0 Å². The number of urea groups is 1. The lowest BCUT2D eigenvalue weighted by Crippen LogP contribution is -2.65. The Morgan fingerprint density at radius 3 is 2.50 bits per heavy atom. The molecule has 0 aromatic heterocycles. The second kappa shape index (κ2) is 9.49. The number of ketones is 1. The van der Waals surface area contributed by atoms with Crippen LogP contribution in [0.4, 0.5) is 4.79 Å². The number of amides is 4. The Morgan fingerprint density at radius 2 is 1.93 bits per heavy atom. The Kier molecular flexibility index (Phi) is 7.49. The molecule has 2 fully saturated rings. The summed E-state index contributed by atoms with van der Waals surface area (Å²) in [6.07, 6.45) is 0.699. The van der Waals surface area contributed by atoms with Gasteiger partial charge in [0.1, 0.15) is 18.1 Å². The third kappa shape index (κ3) is 5.31. The third-order valence-corrected chi connectivity index (χ3v) is 6.09. The van der Waals surface area contributed by atoms with Gasteiger partial charge in [-0.15, -0.1) is 4.83 Å². The van der Waals surface area contributed by atoms with Crippen molar-refractivity contribution < 1.29 is 32.4 Å². The summed E-state index contributed by atoms with van der Waals surface area (Å²) in [6.45, 7) is 1.25. The van der Waals surface area contributed by atoms with Crippen LogP contribution in [0.1, 0.15) is 32.6 Å². The smallest absolute Gasteiger partial charge is 0.344 e. The molecule has 0 aliphatic carbocycles. The van der Waals surface area contributed by atoms with Crippen LogP contribution >= 0.6 is 0 Å². The standard InChI is InChI=1S/C16H26N6O7S/c1-11(24)9-12(10-23)17-15(26)13-5-4-7-21-14(25)6-8-20(16(27)22(13)21)18-30(28,29)19(2)3/h10,12-13,18H,4-9H2,1-3H3,(H,17,26)/t12-,13-/m0/s1. The van der Waals surface area contributed by atoms with Gasteiger partial charge >= 0.3 is 6.03 Å². The van der Waals surface area contributed by atoms with E-state index in [9.17, 15) is 32.4 Å². The SMILES string of the molecule is CC(=O)C[C@@H](C=O)NC(=O)[C@@H]1CCCN2C(=O)CCN(NS(=O)(=O)N(C)C)C(=O)N12. The average molecular weight is 446 g/mol. The summed E-state index contributed by atoms with van der Waals surface area (Å²) < 4.78 is 25.2. The van der Waals surface area contributed by atoms with Crippen molar-refractivity contribution in [1.29, 1.82) is 0 Å². The molecule has 2 atom stereocenters. The van der Waals surface area contributed by atoms with Gasteiger partial charge in [0.25, 0.3) is 10.2 Å². The van der Waals surface area contributed by atoms with E-state index in [2.05, 4.69) is 10.1 Å². The van der Waals surface area contributed by atoms with Crippen molar-refractivity contribution >= 4 is 40.1 Å². The first-order valence-electron chi connectivity index (χ1n) is 9.34. The maximum absolute atomic E-state index is 13.1. The summed E-state index contributed by atoms with van der Waals surface area (Å²) in [4.78, 5) is 62.9. The fourth-order valence-corrected chi connectivity index (χ4v) is 3.75. The van der Waals surface area contributed by atoms with Crippen LogP contribution in [0.2, 0.25) is 0 Å². The molecule has 30 heavy (non-hydrogen) atoms. The fourth-order valence-electron chi connectivity index (χ4n) is 3.14. The first-order valence-corrected chi connectivity index (χ1v) is 10.8. The lowest BCUT2D eigenvalue weighted by Gasteiger charge is -2.43. The minimum Gasteiger partial charge on any atom is -0.344 e. The van der Waals surface area contributed by atoms with Crippen molar-refractivity contribution in [2.45, 2.75) is 44.7 Å². The number of carbonyl (C=O) groups is 5. The number of hydrazine groups is 2. The molecular weight excluding hydrogens is 420 g/mol. The second-order valence-electron chi connectivity index (χ2n) is 7.24. The van der Waals surface area contributed by atoms with Gasteiger partial charge in [0.2, 0.25) is 11.8 Å². The second-order valence-corrected chi connectivity index (χ2v) is 9.10. The quantitative estimate of drug-likeness (QED) is 0.408. The molecule has 0 bridgehead atoms.